The van der Waals surface area contributed by atoms with Crippen molar-refractivity contribution in [2.24, 2.45) is 0 Å². The molecule has 0 aliphatic carbocycles. The number of amides is 1. The number of esters is 1. The van der Waals surface area contributed by atoms with Gasteiger partial charge < -0.3 is 20.3 Å². The molecule has 0 spiro atoms. The number of hydrogen-bond donors (Lipinski definition) is 3. The van der Waals surface area contributed by atoms with Crippen LogP contribution in [0.2, 0.25) is 0 Å². The smallest absolute Gasteiger partial charge is 0.305 e. The Bertz CT molecular complexity index is 1070. The third kappa shape index (κ3) is 60.1. The van der Waals surface area contributed by atoms with E-state index in [-0.39, 0.29) is 18.5 Å². The molecule has 74 heavy (non-hydrogen) atoms. The highest BCUT2D eigenvalue weighted by Crippen LogP contribution is 2.19. The summed E-state index contributed by atoms with van der Waals surface area (Å²) < 4.78 is 5.51. The van der Waals surface area contributed by atoms with Crippen LogP contribution in [0.25, 0.3) is 0 Å². The van der Waals surface area contributed by atoms with Crippen LogP contribution >= 0.6 is 0 Å². The molecule has 0 radical (unpaired) electrons. The highest BCUT2D eigenvalue weighted by atomic mass is 16.5. The van der Waals surface area contributed by atoms with E-state index in [1.165, 1.54) is 327 Å². The average Bonchev–Trinajstić information content (AvgIpc) is 3.40. The Morgan fingerprint density at radius 3 is 0.824 bits per heavy atom. The molecule has 0 heterocycles. The lowest BCUT2D eigenvalue weighted by molar-refractivity contribution is -0.143. The highest BCUT2D eigenvalue weighted by molar-refractivity contribution is 5.76. The number of ether oxygens (including phenoxy) is 1. The molecule has 0 saturated carbocycles. The van der Waals surface area contributed by atoms with Gasteiger partial charge in [-0.15, -0.1) is 0 Å². The number of nitrogens with one attached hydrogen (secondary N) is 1. The first-order valence-corrected chi connectivity index (χ1v) is 34.3. The second kappa shape index (κ2) is 64.4. The molecule has 0 rings (SSSR count). The number of carbonyl (C=O) groups is 2. The van der Waals surface area contributed by atoms with E-state index in [1.807, 2.05) is 0 Å². The predicted octanol–water partition coefficient (Wildman–Crippen LogP) is 21.8. The standard InChI is InChI=1S/C68H135NO5/c1-3-5-7-9-11-13-15-17-19-21-28-32-36-40-44-48-52-56-60-66(71)65(64-70)69-67(72)61-57-53-49-45-41-37-33-29-26-24-23-25-27-31-35-39-43-47-51-55-59-63-74-68(73)62-58-54-50-46-42-38-34-30-22-20-18-16-14-12-10-8-6-4-2/h65-66,70-71H,3-64H2,1-2H3,(H,69,72). The first kappa shape index (κ1) is 72.9. The van der Waals surface area contributed by atoms with Crippen LogP contribution in [0.1, 0.15) is 399 Å². The summed E-state index contributed by atoms with van der Waals surface area (Å²) >= 11 is 0. The van der Waals surface area contributed by atoms with E-state index in [2.05, 4.69) is 19.2 Å². The maximum Gasteiger partial charge on any atom is 0.305 e. The largest absolute Gasteiger partial charge is 0.466 e. The van der Waals surface area contributed by atoms with Crippen LogP contribution in [0.15, 0.2) is 0 Å². The summed E-state index contributed by atoms with van der Waals surface area (Å²) in [6.07, 6.45) is 77.0. The van der Waals surface area contributed by atoms with Crippen LogP contribution in [0, 0.1) is 0 Å². The molecule has 6 heteroatoms. The number of hydrogen-bond acceptors (Lipinski definition) is 5. The van der Waals surface area contributed by atoms with Crippen LogP contribution in [0.3, 0.4) is 0 Å². The van der Waals surface area contributed by atoms with Gasteiger partial charge >= 0.3 is 5.97 Å². The Balaban J connectivity index is 3.35. The molecule has 0 aromatic carbocycles. The lowest BCUT2D eigenvalue weighted by Gasteiger charge is -2.22. The summed E-state index contributed by atoms with van der Waals surface area (Å²) in [5, 5.41) is 23.4. The Morgan fingerprint density at radius 1 is 0.324 bits per heavy atom. The minimum atomic E-state index is -0.664. The second-order valence-corrected chi connectivity index (χ2v) is 23.9. The first-order valence-electron chi connectivity index (χ1n) is 34.3. The fourth-order valence-electron chi connectivity index (χ4n) is 11.2. The summed E-state index contributed by atoms with van der Waals surface area (Å²) in [5.41, 5.74) is 0. The van der Waals surface area contributed by atoms with Crippen LogP contribution in [0.5, 0.6) is 0 Å². The molecule has 0 saturated heterocycles. The van der Waals surface area contributed by atoms with Crippen molar-refractivity contribution >= 4 is 11.9 Å². The molecule has 0 aromatic heterocycles. The highest BCUT2D eigenvalue weighted by Gasteiger charge is 2.20. The third-order valence-corrected chi connectivity index (χ3v) is 16.4. The van der Waals surface area contributed by atoms with E-state index in [0.29, 0.717) is 25.9 Å². The van der Waals surface area contributed by atoms with Gasteiger partial charge in [-0.05, 0) is 25.7 Å². The van der Waals surface area contributed by atoms with Crippen molar-refractivity contribution in [2.75, 3.05) is 13.2 Å². The molecule has 0 aliphatic heterocycles. The van der Waals surface area contributed by atoms with Gasteiger partial charge in [0.25, 0.3) is 0 Å². The van der Waals surface area contributed by atoms with Gasteiger partial charge in [0.1, 0.15) is 0 Å². The number of aliphatic hydroxyl groups is 2. The van der Waals surface area contributed by atoms with Gasteiger partial charge in [-0.2, -0.15) is 0 Å². The van der Waals surface area contributed by atoms with Crippen molar-refractivity contribution in [3.05, 3.63) is 0 Å². The van der Waals surface area contributed by atoms with Gasteiger partial charge in [0.15, 0.2) is 0 Å². The van der Waals surface area contributed by atoms with Gasteiger partial charge in [-0.25, -0.2) is 0 Å². The summed E-state index contributed by atoms with van der Waals surface area (Å²) in [7, 11) is 0. The SMILES string of the molecule is CCCCCCCCCCCCCCCCCCCCC(=O)OCCCCCCCCCCCCCCCCCCCCCCCC(=O)NC(CO)C(O)CCCCCCCCCCCCCCCCCCCC. The lowest BCUT2D eigenvalue weighted by Crippen LogP contribution is -2.45. The number of rotatable bonds is 65. The van der Waals surface area contributed by atoms with Gasteiger partial charge in [0, 0.05) is 12.8 Å². The molecule has 0 fully saturated rings. The predicted molar refractivity (Wildman–Crippen MR) is 324 cm³/mol. The van der Waals surface area contributed by atoms with Crippen LogP contribution in [-0.2, 0) is 14.3 Å². The normalized spacial score (nSPS) is 12.4. The summed E-state index contributed by atoms with van der Waals surface area (Å²) in [6.45, 7) is 5.00. The van der Waals surface area contributed by atoms with Crippen molar-refractivity contribution in [2.45, 2.75) is 411 Å². The van der Waals surface area contributed by atoms with E-state index in [4.69, 9.17) is 4.74 Å². The molecule has 2 unspecified atom stereocenters. The van der Waals surface area contributed by atoms with Crippen molar-refractivity contribution in [1.29, 1.82) is 0 Å². The van der Waals surface area contributed by atoms with E-state index < -0.39 is 12.1 Å². The quantitative estimate of drug-likeness (QED) is 0.0417. The lowest BCUT2D eigenvalue weighted by atomic mass is 10.0. The van der Waals surface area contributed by atoms with Crippen molar-refractivity contribution in [1.82, 2.24) is 5.32 Å². The summed E-state index contributed by atoms with van der Waals surface area (Å²) in [4.78, 5) is 24.6. The zero-order valence-corrected chi connectivity index (χ0v) is 50.6. The Hall–Kier alpha value is -1.14. The molecule has 1 amide bonds. The Labute approximate surface area is 464 Å². The van der Waals surface area contributed by atoms with Crippen LogP contribution in [-0.4, -0.2) is 47.4 Å². The van der Waals surface area contributed by atoms with Crippen molar-refractivity contribution in [3.8, 4) is 0 Å². The number of unbranched alkanes of at least 4 members (excludes halogenated alkanes) is 54. The monoisotopic (exact) mass is 1050 g/mol. The van der Waals surface area contributed by atoms with Gasteiger partial charge in [0.2, 0.25) is 5.91 Å². The van der Waals surface area contributed by atoms with E-state index >= 15 is 0 Å². The maximum absolute atomic E-state index is 12.5. The van der Waals surface area contributed by atoms with E-state index in [0.717, 1.165) is 38.5 Å². The second-order valence-electron chi connectivity index (χ2n) is 23.9. The molecule has 2 atom stereocenters. The zero-order valence-electron chi connectivity index (χ0n) is 50.6. The molecule has 0 aliphatic rings. The molecular weight excluding hydrogens is 911 g/mol. The topological polar surface area (TPSA) is 95.9 Å². The molecule has 6 nitrogen and oxygen atoms in total. The Kier molecular flexibility index (Phi) is 63.4. The summed E-state index contributed by atoms with van der Waals surface area (Å²) in [6, 6.07) is -0.541. The molecule has 0 bridgehead atoms. The fourth-order valence-corrected chi connectivity index (χ4v) is 11.2. The van der Waals surface area contributed by atoms with Gasteiger partial charge in [-0.3, -0.25) is 9.59 Å². The third-order valence-electron chi connectivity index (χ3n) is 16.4. The van der Waals surface area contributed by atoms with Gasteiger partial charge in [0.05, 0.1) is 25.4 Å². The molecule has 442 valence electrons. The molecule has 3 N–H and O–H groups in total. The van der Waals surface area contributed by atoms with Crippen molar-refractivity contribution < 1.29 is 24.5 Å². The summed E-state index contributed by atoms with van der Waals surface area (Å²) in [5.74, 6) is -0.0134. The maximum atomic E-state index is 12.5. The fraction of sp³-hybridized carbons (Fsp3) is 0.971. The number of carbonyl (C=O) groups excluding carboxylic acids is 2. The van der Waals surface area contributed by atoms with Crippen LogP contribution in [0.4, 0.5) is 0 Å². The molecule has 0 aromatic rings. The van der Waals surface area contributed by atoms with E-state index in [9.17, 15) is 19.8 Å². The van der Waals surface area contributed by atoms with Gasteiger partial charge in [-0.1, -0.05) is 361 Å². The first-order chi connectivity index (χ1) is 36.5. The molecular formula is C68H135NO5. The Morgan fingerprint density at radius 2 is 0.554 bits per heavy atom. The minimum Gasteiger partial charge on any atom is -0.466 e. The average molecular weight is 1050 g/mol. The minimum absolute atomic E-state index is 0.0179. The van der Waals surface area contributed by atoms with Crippen LogP contribution < -0.4 is 5.32 Å². The number of aliphatic hydroxyl groups excluding tert-OH is 2. The van der Waals surface area contributed by atoms with E-state index in [1.54, 1.807) is 0 Å². The zero-order chi connectivity index (χ0) is 53.6. The van der Waals surface area contributed by atoms with Crippen molar-refractivity contribution in [3.63, 3.8) is 0 Å².